The van der Waals surface area contributed by atoms with Crippen molar-refractivity contribution in [1.82, 2.24) is 20.4 Å². The molecule has 0 atom stereocenters. The molecule has 1 fully saturated rings. The molecule has 0 saturated carbocycles. The van der Waals surface area contributed by atoms with Crippen LogP contribution in [0.15, 0.2) is 4.52 Å². The van der Waals surface area contributed by atoms with Crippen LogP contribution in [0.4, 0.5) is 0 Å². The summed E-state index contributed by atoms with van der Waals surface area (Å²) in [4.78, 5) is 18.2. The molecule has 7 nitrogen and oxygen atoms in total. The molecular formula is C12H21N5O2. The van der Waals surface area contributed by atoms with Crippen molar-refractivity contribution >= 4 is 5.91 Å². The van der Waals surface area contributed by atoms with Crippen LogP contribution in [0.1, 0.15) is 39.4 Å². The second kappa shape index (κ2) is 4.57. The Balaban J connectivity index is 2.13. The first kappa shape index (κ1) is 14.0. The summed E-state index contributed by atoms with van der Waals surface area (Å²) in [6.45, 7) is 9.23. The largest absolute Gasteiger partial charge is 0.353 e. The molecule has 106 valence electrons. The number of nitrogens with two attached hydrogens (primary N) is 1. The third-order valence-corrected chi connectivity index (χ3v) is 3.38. The van der Waals surface area contributed by atoms with E-state index in [2.05, 4.69) is 15.5 Å². The Morgan fingerprint density at radius 3 is 2.79 bits per heavy atom. The lowest BCUT2D eigenvalue weighted by molar-refractivity contribution is -0.135. The quantitative estimate of drug-likeness (QED) is 0.798. The molecule has 1 aromatic heterocycles. The summed E-state index contributed by atoms with van der Waals surface area (Å²) in [7, 11) is 0. The van der Waals surface area contributed by atoms with Gasteiger partial charge in [-0.25, -0.2) is 0 Å². The summed E-state index contributed by atoms with van der Waals surface area (Å²) in [6.07, 6.45) is 0. The molecule has 1 aromatic rings. The number of nitrogens with zero attached hydrogens (tertiary/aromatic N) is 3. The van der Waals surface area contributed by atoms with Crippen LogP contribution in [-0.4, -0.2) is 39.6 Å². The Morgan fingerprint density at radius 1 is 1.53 bits per heavy atom. The Labute approximate surface area is 112 Å². The molecule has 7 heteroatoms. The van der Waals surface area contributed by atoms with Gasteiger partial charge in [-0.05, 0) is 27.7 Å². The summed E-state index contributed by atoms with van der Waals surface area (Å²) in [5.41, 5.74) is 4.71. The zero-order valence-electron chi connectivity index (χ0n) is 11.9. The van der Waals surface area contributed by atoms with Crippen molar-refractivity contribution in [2.45, 2.75) is 45.3 Å². The molecule has 2 heterocycles. The molecular weight excluding hydrogens is 246 g/mol. The Morgan fingerprint density at radius 2 is 2.21 bits per heavy atom. The minimum absolute atomic E-state index is 0.0117. The van der Waals surface area contributed by atoms with Gasteiger partial charge in [-0.3, -0.25) is 9.69 Å². The molecule has 0 aromatic carbocycles. The maximum absolute atomic E-state index is 11.8. The van der Waals surface area contributed by atoms with Gasteiger partial charge in [0.05, 0.1) is 17.6 Å². The van der Waals surface area contributed by atoms with Crippen molar-refractivity contribution in [3.63, 3.8) is 0 Å². The van der Waals surface area contributed by atoms with Gasteiger partial charge in [0.15, 0.2) is 5.82 Å². The predicted octanol–water partition coefficient (Wildman–Crippen LogP) is -0.0262. The summed E-state index contributed by atoms with van der Waals surface area (Å²) < 4.78 is 5.21. The van der Waals surface area contributed by atoms with Crippen LogP contribution in [-0.2, 0) is 16.9 Å². The minimum atomic E-state index is -0.628. The highest BCUT2D eigenvalue weighted by Gasteiger charge is 2.38. The number of carbonyl (C=O) groups is 1. The predicted molar refractivity (Wildman–Crippen MR) is 69.0 cm³/mol. The minimum Gasteiger partial charge on any atom is -0.353 e. The van der Waals surface area contributed by atoms with E-state index in [0.717, 1.165) is 6.54 Å². The van der Waals surface area contributed by atoms with Crippen molar-refractivity contribution in [2.75, 3.05) is 13.1 Å². The van der Waals surface area contributed by atoms with Gasteiger partial charge in [0, 0.05) is 13.1 Å². The van der Waals surface area contributed by atoms with E-state index in [1.807, 2.05) is 32.6 Å². The summed E-state index contributed by atoms with van der Waals surface area (Å²) >= 11 is 0. The van der Waals surface area contributed by atoms with E-state index in [0.29, 0.717) is 24.8 Å². The lowest BCUT2D eigenvalue weighted by Crippen LogP contribution is -2.61. The molecule has 1 aliphatic rings. The van der Waals surface area contributed by atoms with Crippen LogP contribution in [0.2, 0.25) is 0 Å². The van der Waals surface area contributed by atoms with Crippen LogP contribution in [0.25, 0.3) is 0 Å². The van der Waals surface area contributed by atoms with E-state index in [1.165, 1.54) is 0 Å². The highest BCUT2D eigenvalue weighted by Crippen LogP contribution is 2.21. The zero-order valence-corrected chi connectivity index (χ0v) is 11.9. The molecule has 1 saturated heterocycles. The number of piperazine rings is 1. The third-order valence-electron chi connectivity index (χ3n) is 3.38. The van der Waals surface area contributed by atoms with Gasteiger partial charge >= 0.3 is 0 Å². The van der Waals surface area contributed by atoms with Crippen molar-refractivity contribution in [1.29, 1.82) is 0 Å². The first-order valence-corrected chi connectivity index (χ1v) is 6.36. The SMILES string of the molecule is CC(C)(N)c1noc(CN2CCNC(=O)C2(C)C)n1. The zero-order chi connectivity index (χ0) is 14.3. The summed E-state index contributed by atoms with van der Waals surface area (Å²) in [5, 5.41) is 6.73. The van der Waals surface area contributed by atoms with E-state index in [4.69, 9.17) is 10.3 Å². The third kappa shape index (κ3) is 2.76. The summed E-state index contributed by atoms with van der Waals surface area (Å²) in [6, 6.07) is 0. The number of carbonyl (C=O) groups excluding carboxylic acids is 1. The molecule has 1 aliphatic heterocycles. The first-order valence-electron chi connectivity index (χ1n) is 6.36. The number of amides is 1. The van der Waals surface area contributed by atoms with Crippen LogP contribution < -0.4 is 11.1 Å². The van der Waals surface area contributed by atoms with Crippen LogP contribution >= 0.6 is 0 Å². The Hall–Kier alpha value is -1.47. The van der Waals surface area contributed by atoms with Gasteiger partial charge in [0.25, 0.3) is 0 Å². The fourth-order valence-electron chi connectivity index (χ4n) is 1.96. The molecule has 0 bridgehead atoms. The van der Waals surface area contributed by atoms with Gasteiger partial charge in [-0.1, -0.05) is 5.16 Å². The van der Waals surface area contributed by atoms with Crippen molar-refractivity contribution in [3.8, 4) is 0 Å². The molecule has 1 amide bonds. The average molecular weight is 267 g/mol. The number of hydrogen-bond acceptors (Lipinski definition) is 6. The van der Waals surface area contributed by atoms with Gasteiger partial charge in [-0.15, -0.1) is 0 Å². The van der Waals surface area contributed by atoms with E-state index in [-0.39, 0.29) is 5.91 Å². The highest BCUT2D eigenvalue weighted by atomic mass is 16.5. The van der Waals surface area contributed by atoms with Crippen molar-refractivity contribution in [2.24, 2.45) is 5.73 Å². The summed E-state index contributed by atoms with van der Waals surface area (Å²) in [5.74, 6) is 0.968. The van der Waals surface area contributed by atoms with Gasteiger partial charge in [0.2, 0.25) is 11.8 Å². The van der Waals surface area contributed by atoms with Crippen LogP contribution in [0, 0.1) is 0 Å². The van der Waals surface area contributed by atoms with E-state index < -0.39 is 11.1 Å². The second-order valence-electron chi connectivity index (χ2n) is 5.97. The van der Waals surface area contributed by atoms with Crippen molar-refractivity contribution < 1.29 is 9.32 Å². The van der Waals surface area contributed by atoms with Gasteiger partial charge < -0.3 is 15.6 Å². The van der Waals surface area contributed by atoms with Gasteiger partial charge in [0.1, 0.15) is 0 Å². The average Bonchev–Trinajstić information content (AvgIpc) is 2.73. The molecule has 2 rings (SSSR count). The monoisotopic (exact) mass is 267 g/mol. The number of hydrogen-bond donors (Lipinski definition) is 2. The number of aromatic nitrogens is 2. The fourth-order valence-corrected chi connectivity index (χ4v) is 1.96. The molecule has 3 N–H and O–H groups in total. The first-order chi connectivity index (χ1) is 8.71. The molecule has 0 radical (unpaired) electrons. The maximum atomic E-state index is 11.8. The van der Waals surface area contributed by atoms with Crippen molar-refractivity contribution in [3.05, 3.63) is 11.7 Å². The lowest BCUT2D eigenvalue weighted by Gasteiger charge is -2.40. The van der Waals surface area contributed by atoms with E-state index >= 15 is 0 Å². The standard InChI is InChI=1S/C12H21N5O2/c1-11(2,13)9-15-8(19-16-9)7-17-6-5-14-10(18)12(17,3)4/h5-7,13H2,1-4H3,(H,14,18). The lowest BCUT2D eigenvalue weighted by atomic mass is 9.99. The number of rotatable bonds is 3. The van der Waals surface area contributed by atoms with E-state index in [9.17, 15) is 4.79 Å². The van der Waals surface area contributed by atoms with Crippen LogP contribution in [0.5, 0.6) is 0 Å². The Bertz CT molecular complexity index is 475. The smallest absolute Gasteiger partial charge is 0.240 e. The topological polar surface area (TPSA) is 97.3 Å². The number of nitrogens with one attached hydrogen (secondary N) is 1. The highest BCUT2D eigenvalue weighted by molar-refractivity contribution is 5.86. The molecule has 19 heavy (non-hydrogen) atoms. The fraction of sp³-hybridized carbons (Fsp3) is 0.750. The van der Waals surface area contributed by atoms with Gasteiger partial charge in [-0.2, -0.15) is 4.98 Å². The maximum Gasteiger partial charge on any atom is 0.240 e. The normalized spacial score (nSPS) is 20.4. The molecule has 0 unspecified atom stereocenters. The second-order valence-corrected chi connectivity index (χ2v) is 5.97. The molecule has 0 spiro atoms. The molecule has 0 aliphatic carbocycles. The van der Waals surface area contributed by atoms with E-state index in [1.54, 1.807) is 0 Å². The van der Waals surface area contributed by atoms with Crippen LogP contribution in [0.3, 0.4) is 0 Å². The Kier molecular flexibility index (Phi) is 3.36.